The molecule has 180 valence electrons. The van der Waals surface area contributed by atoms with Gasteiger partial charge in [0.05, 0.1) is 5.56 Å². The molecule has 0 radical (unpaired) electrons. The van der Waals surface area contributed by atoms with Gasteiger partial charge in [-0.15, -0.1) is 0 Å². The summed E-state index contributed by atoms with van der Waals surface area (Å²) >= 11 is 0. The van der Waals surface area contributed by atoms with Gasteiger partial charge in [0.2, 0.25) is 6.79 Å². The number of hydrogen-bond donors (Lipinski definition) is 4. The van der Waals surface area contributed by atoms with Crippen molar-refractivity contribution in [1.29, 1.82) is 0 Å². The molecule has 4 rings (SSSR count). The Balaban J connectivity index is 1.59. The Morgan fingerprint density at radius 2 is 1.31 bits per heavy atom. The Morgan fingerprint density at radius 3 is 2.00 bits per heavy atom. The molecule has 35 heavy (non-hydrogen) atoms. The molecule has 10 nitrogen and oxygen atoms in total. The van der Waals surface area contributed by atoms with E-state index in [9.17, 15) is 14.7 Å². The molecule has 10 heteroatoms. The second-order valence-electron chi connectivity index (χ2n) is 7.62. The molecular formula is C25H20O10. The van der Waals surface area contributed by atoms with Crippen molar-refractivity contribution in [3.8, 4) is 11.5 Å². The molecule has 0 bridgehead atoms. The summed E-state index contributed by atoms with van der Waals surface area (Å²) in [6, 6.07) is 16.0. The van der Waals surface area contributed by atoms with Crippen LogP contribution in [0.2, 0.25) is 0 Å². The molecule has 0 spiro atoms. The van der Waals surface area contributed by atoms with E-state index in [2.05, 4.69) is 9.78 Å². The second kappa shape index (κ2) is 10.4. The van der Waals surface area contributed by atoms with E-state index < -0.39 is 11.9 Å². The normalized spacial score (nSPS) is 11.0. The van der Waals surface area contributed by atoms with E-state index >= 15 is 0 Å². The van der Waals surface area contributed by atoms with Crippen molar-refractivity contribution in [1.82, 2.24) is 0 Å². The van der Waals surface area contributed by atoms with Crippen LogP contribution in [0.25, 0.3) is 21.5 Å². The number of fused-ring (bicyclic) bond motifs is 2. The van der Waals surface area contributed by atoms with Crippen molar-refractivity contribution in [2.75, 3.05) is 6.79 Å². The van der Waals surface area contributed by atoms with Crippen LogP contribution in [0.1, 0.15) is 31.8 Å². The van der Waals surface area contributed by atoms with Crippen LogP contribution >= 0.6 is 0 Å². The largest absolute Gasteiger partial charge is 0.478 e. The van der Waals surface area contributed by atoms with Crippen LogP contribution < -0.4 is 9.47 Å². The Bertz CT molecular complexity index is 1410. The summed E-state index contributed by atoms with van der Waals surface area (Å²) in [4.78, 5) is 31.4. The molecule has 0 aliphatic heterocycles. The number of carboxylic acids is 2. The van der Waals surface area contributed by atoms with Gasteiger partial charge in [0.15, 0.2) is 0 Å². The van der Waals surface area contributed by atoms with Gasteiger partial charge in [0.25, 0.3) is 0 Å². The first kappa shape index (κ1) is 23.9. The summed E-state index contributed by atoms with van der Waals surface area (Å²) in [6.07, 6.45) is 0. The van der Waals surface area contributed by atoms with Crippen LogP contribution in [0.4, 0.5) is 0 Å². The van der Waals surface area contributed by atoms with Gasteiger partial charge in [-0.25, -0.2) is 19.4 Å². The highest BCUT2D eigenvalue weighted by Gasteiger charge is 2.15. The monoisotopic (exact) mass is 480 g/mol. The van der Waals surface area contributed by atoms with Crippen molar-refractivity contribution >= 4 is 33.5 Å². The Kier molecular flexibility index (Phi) is 7.09. The third-order valence-electron chi connectivity index (χ3n) is 5.38. The fourth-order valence-electron chi connectivity index (χ4n) is 3.71. The quantitative estimate of drug-likeness (QED) is 0.142. The summed E-state index contributed by atoms with van der Waals surface area (Å²) in [6.45, 7) is -0.503. The molecule has 0 saturated carbocycles. The minimum Gasteiger partial charge on any atom is -0.478 e. The van der Waals surface area contributed by atoms with E-state index in [1.165, 1.54) is 24.3 Å². The molecule has 0 aliphatic carbocycles. The average Bonchev–Trinajstić information content (AvgIpc) is 2.83. The molecule has 4 N–H and O–H groups in total. The maximum absolute atomic E-state index is 11.8. The predicted molar refractivity (Wildman–Crippen MR) is 123 cm³/mol. The van der Waals surface area contributed by atoms with Gasteiger partial charge in [-0.1, -0.05) is 18.2 Å². The molecule has 4 aromatic carbocycles. The van der Waals surface area contributed by atoms with Crippen molar-refractivity contribution in [2.45, 2.75) is 13.2 Å². The lowest BCUT2D eigenvalue weighted by atomic mass is 10.0. The smallest absolute Gasteiger partial charge is 0.339 e. The number of aromatic carboxylic acids is 2. The number of carboxylic acid groups (broad SMARTS) is 2. The van der Waals surface area contributed by atoms with E-state index in [0.29, 0.717) is 22.1 Å². The summed E-state index contributed by atoms with van der Waals surface area (Å²) in [5.41, 5.74) is 1.13. The molecule has 0 fully saturated rings. The van der Waals surface area contributed by atoms with Crippen LogP contribution in [0, 0.1) is 0 Å². The first-order valence-corrected chi connectivity index (χ1v) is 10.3. The van der Waals surface area contributed by atoms with Crippen LogP contribution in [-0.4, -0.2) is 39.5 Å². The van der Waals surface area contributed by atoms with Crippen molar-refractivity contribution in [2.24, 2.45) is 0 Å². The third kappa shape index (κ3) is 5.31. The predicted octanol–water partition coefficient (Wildman–Crippen LogP) is 4.78. The highest BCUT2D eigenvalue weighted by molar-refractivity contribution is 6.00. The minimum absolute atomic E-state index is 0.0170. The fourth-order valence-corrected chi connectivity index (χ4v) is 3.71. The molecule has 0 aliphatic rings. The van der Waals surface area contributed by atoms with Gasteiger partial charge in [0.1, 0.15) is 30.3 Å². The highest BCUT2D eigenvalue weighted by Crippen LogP contribution is 2.30. The topological polar surface area (TPSA) is 152 Å². The molecule has 0 atom stereocenters. The molecule has 0 amide bonds. The molecule has 0 aromatic heterocycles. The van der Waals surface area contributed by atoms with Crippen molar-refractivity contribution in [3.05, 3.63) is 82.9 Å². The van der Waals surface area contributed by atoms with Crippen LogP contribution in [0.5, 0.6) is 11.5 Å². The van der Waals surface area contributed by atoms with Gasteiger partial charge in [-0.3, -0.25) is 10.5 Å². The zero-order chi connectivity index (χ0) is 24.9. The number of carbonyl (C=O) groups is 2. The number of benzene rings is 4. The number of ether oxygens (including phenoxy) is 2. The van der Waals surface area contributed by atoms with Gasteiger partial charge < -0.3 is 19.7 Å². The van der Waals surface area contributed by atoms with Crippen LogP contribution in [0.3, 0.4) is 0 Å². The average molecular weight is 480 g/mol. The highest BCUT2D eigenvalue weighted by atomic mass is 17.1. The molecule has 0 saturated heterocycles. The van der Waals surface area contributed by atoms with Crippen LogP contribution in [0.15, 0.2) is 60.7 Å². The molecular weight excluding hydrogens is 460 g/mol. The summed E-state index contributed by atoms with van der Waals surface area (Å²) in [7, 11) is 0. The minimum atomic E-state index is -1.25. The molecule has 0 unspecified atom stereocenters. The molecule has 0 heterocycles. The zero-order valence-electron chi connectivity index (χ0n) is 18.1. The lowest BCUT2D eigenvalue weighted by Gasteiger charge is -2.15. The van der Waals surface area contributed by atoms with E-state index in [1.807, 2.05) is 0 Å². The maximum Gasteiger partial charge on any atom is 0.339 e. The summed E-state index contributed by atoms with van der Waals surface area (Å²) < 4.78 is 11.3. The SMILES string of the molecule is O=C(O)c1ccc2cc(OCOc3cc4ccc(COO)cc4cc3COO)c(C(=O)O)cc2c1. The number of rotatable bonds is 10. The maximum atomic E-state index is 11.8. The standard InChI is InChI=1S/C25H20O10/c26-24(27)17-4-3-16-10-23(21(25(28)29)8-19(16)6-17)33-13-32-22-9-15-2-1-14(11-34-30)5-18(15)7-20(22)12-35-31/h1-10,30-31H,11-13H2,(H,26,27)(H,28,29). The fraction of sp³-hybridized carbons (Fsp3) is 0.120. The Hall–Kier alpha value is -4.22. The second-order valence-corrected chi connectivity index (χ2v) is 7.62. The van der Waals surface area contributed by atoms with Gasteiger partial charge in [-0.2, -0.15) is 0 Å². The van der Waals surface area contributed by atoms with Crippen molar-refractivity contribution in [3.63, 3.8) is 0 Å². The number of hydrogen-bond acceptors (Lipinski definition) is 8. The summed E-state index contributed by atoms with van der Waals surface area (Å²) in [5, 5.41) is 39.0. The van der Waals surface area contributed by atoms with Gasteiger partial charge in [0, 0.05) is 5.56 Å². The molecule has 4 aromatic rings. The summed E-state index contributed by atoms with van der Waals surface area (Å²) in [5.74, 6) is -1.97. The first-order chi connectivity index (χ1) is 16.9. The van der Waals surface area contributed by atoms with Crippen molar-refractivity contribution < 1.29 is 49.6 Å². The van der Waals surface area contributed by atoms with E-state index in [1.54, 1.807) is 36.4 Å². The first-order valence-electron chi connectivity index (χ1n) is 10.3. The van der Waals surface area contributed by atoms with E-state index in [4.69, 9.17) is 25.1 Å². The third-order valence-corrected chi connectivity index (χ3v) is 5.38. The van der Waals surface area contributed by atoms with Crippen LogP contribution in [-0.2, 0) is 23.0 Å². The van der Waals surface area contributed by atoms with E-state index in [0.717, 1.165) is 16.3 Å². The zero-order valence-corrected chi connectivity index (χ0v) is 18.1. The van der Waals surface area contributed by atoms with E-state index in [-0.39, 0.29) is 36.9 Å². The Labute approximate surface area is 197 Å². The lowest BCUT2D eigenvalue weighted by Crippen LogP contribution is -2.10. The Morgan fingerprint density at radius 1 is 0.657 bits per heavy atom. The lowest BCUT2D eigenvalue weighted by molar-refractivity contribution is -0.253. The van der Waals surface area contributed by atoms with Gasteiger partial charge in [-0.05, 0) is 69.6 Å². The van der Waals surface area contributed by atoms with Gasteiger partial charge >= 0.3 is 11.9 Å².